The van der Waals surface area contributed by atoms with Crippen molar-refractivity contribution >= 4 is 16.2 Å². The molecular weight excluding hydrogens is 208 g/mol. The second-order valence-corrected chi connectivity index (χ2v) is 5.19. The van der Waals surface area contributed by atoms with Gasteiger partial charge in [-0.05, 0) is 0 Å². The van der Waals surface area contributed by atoms with E-state index in [0.29, 0.717) is 0 Å². The van der Waals surface area contributed by atoms with E-state index < -0.39 is 16.2 Å². The molecule has 0 N–H and O–H groups in total. The fourth-order valence-electron chi connectivity index (χ4n) is 0.745. The first kappa shape index (κ1) is 13.3. The summed E-state index contributed by atoms with van der Waals surface area (Å²) >= 11 is 0. The standard InChI is InChI=1S/C7H16N2O4S/c1-8(2)14(11,12)9(3)6-5-7(10)13-4/h5-6H2,1-4H3. The van der Waals surface area contributed by atoms with Gasteiger partial charge in [-0.2, -0.15) is 17.0 Å². The van der Waals surface area contributed by atoms with E-state index in [1.165, 1.54) is 28.3 Å². The number of esters is 1. The van der Waals surface area contributed by atoms with Crippen LogP contribution in [0.2, 0.25) is 0 Å². The molecule has 6 nitrogen and oxygen atoms in total. The minimum atomic E-state index is -3.42. The summed E-state index contributed by atoms with van der Waals surface area (Å²) in [6.45, 7) is 0.118. The molecule has 14 heavy (non-hydrogen) atoms. The molecule has 0 bridgehead atoms. The van der Waals surface area contributed by atoms with Crippen molar-refractivity contribution in [3.63, 3.8) is 0 Å². The Bertz CT molecular complexity index is 286. The molecule has 7 heteroatoms. The molecule has 0 unspecified atom stereocenters. The summed E-state index contributed by atoms with van der Waals surface area (Å²) in [7, 11) is 2.13. The summed E-state index contributed by atoms with van der Waals surface area (Å²) in [6.07, 6.45) is 0.0556. The lowest BCUT2D eigenvalue weighted by Crippen LogP contribution is -2.38. The Balaban J connectivity index is 4.22. The monoisotopic (exact) mass is 224 g/mol. The third-order valence-corrected chi connectivity index (χ3v) is 3.61. The number of rotatable bonds is 5. The van der Waals surface area contributed by atoms with Crippen LogP contribution in [0.1, 0.15) is 6.42 Å². The van der Waals surface area contributed by atoms with Crippen LogP contribution in [0.3, 0.4) is 0 Å². The van der Waals surface area contributed by atoms with E-state index in [9.17, 15) is 13.2 Å². The van der Waals surface area contributed by atoms with Gasteiger partial charge in [0.05, 0.1) is 13.5 Å². The van der Waals surface area contributed by atoms with Gasteiger partial charge in [-0.3, -0.25) is 4.79 Å². The summed E-state index contributed by atoms with van der Waals surface area (Å²) < 4.78 is 29.5. The van der Waals surface area contributed by atoms with Crippen molar-refractivity contribution in [2.45, 2.75) is 6.42 Å². The Labute approximate surface area is 84.6 Å². The molecule has 0 heterocycles. The molecule has 0 aliphatic carbocycles. The Morgan fingerprint density at radius 3 is 2.14 bits per heavy atom. The van der Waals surface area contributed by atoms with E-state index in [0.717, 1.165) is 8.61 Å². The van der Waals surface area contributed by atoms with Crippen molar-refractivity contribution in [2.24, 2.45) is 0 Å². The molecule has 0 aliphatic rings. The number of nitrogens with zero attached hydrogens (tertiary/aromatic N) is 2. The van der Waals surface area contributed by atoms with Crippen LogP contribution in [0.4, 0.5) is 0 Å². The molecule has 0 atom stereocenters. The highest BCUT2D eigenvalue weighted by Gasteiger charge is 2.20. The fourth-order valence-corrected chi connectivity index (χ4v) is 1.62. The normalized spacial score (nSPS) is 12.1. The lowest BCUT2D eigenvalue weighted by atomic mass is 10.4. The quantitative estimate of drug-likeness (QED) is 0.578. The van der Waals surface area contributed by atoms with Gasteiger partial charge in [0.2, 0.25) is 0 Å². The maximum atomic E-state index is 11.4. The van der Waals surface area contributed by atoms with Gasteiger partial charge < -0.3 is 4.74 Å². The average Bonchev–Trinajstić information content (AvgIpc) is 2.12. The van der Waals surface area contributed by atoms with Crippen LogP contribution in [0.5, 0.6) is 0 Å². The highest BCUT2D eigenvalue weighted by molar-refractivity contribution is 7.86. The van der Waals surface area contributed by atoms with Crippen LogP contribution >= 0.6 is 0 Å². The van der Waals surface area contributed by atoms with Crippen molar-refractivity contribution < 1.29 is 17.9 Å². The molecule has 84 valence electrons. The zero-order valence-corrected chi connectivity index (χ0v) is 9.67. The van der Waals surface area contributed by atoms with Gasteiger partial charge in [-0.1, -0.05) is 0 Å². The number of hydrogen-bond acceptors (Lipinski definition) is 4. The van der Waals surface area contributed by atoms with Crippen LogP contribution in [0.15, 0.2) is 0 Å². The van der Waals surface area contributed by atoms with E-state index in [-0.39, 0.29) is 13.0 Å². The predicted molar refractivity (Wildman–Crippen MR) is 51.9 cm³/mol. The molecule has 0 rings (SSSR count). The summed E-state index contributed by atoms with van der Waals surface area (Å²) in [5, 5.41) is 0. The molecule has 0 aromatic rings. The largest absolute Gasteiger partial charge is 0.469 e. The maximum Gasteiger partial charge on any atom is 0.306 e. The fraction of sp³-hybridized carbons (Fsp3) is 0.857. The zero-order valence-electron chi connectivity index (χ0n) is 8.85. The van der Waals surface area contributed by atoms with E-state index in [1.54, 1.807) is 0 Å². The van der Waals surface area contributed by atoms with Crippen LogP contribution in [-0.2, 0) is 19.7 Å². The first-order valence-electron chi connectivity index (χ1n) is 4.03. The number of hydrogen-bond donors (Lipinski definition) is 0. The molecule has 0 fully saturated rings. The molecule has 0 aromatic carbocycles. The topological polar surface area (TPSA) is 66.9 Å². The lowest BCUT2D eigenvalue weighted by molar-refractivity contribution is -0.140. The highest BCUT2D eigenvalue weighted by Crippen LogP contribution is 2.01. The Morgan fingerprint density at radius 2 is 1.79 bits per heavy atom. The minimum absolute atomic E-state index is 0.0556. The van der Waals surface area contributed by atoms with Gasteiger partial charge >= 0.3 is 5.97 Å². The van der Waals surface area contributed by atoms with Crippen LogP contribution in [-0.4, -0.2) is 57.8 Å². The van der Waals surface area contributed by atoms with Crippen molar-refractivity contribution in [3.8, 4) is 0 Å². The number of carbonyl (C=O) groups excluding carboxylic acids is 1. The molecule has 0 spiro atoms. The van der Waals surface area contributed by atoms with Gasteiger partial charge in [-0.15, -0.1) is 0 Å². The van der Waals surface area contributed by atoms with Crippen molar-refractivity contribution in [2.75, 3.05) is 34.8 Å². The van der Waals surface area contributed by atoms with Gasteiger partial charge in [0.1, 0.15) is 0 Å². The molecule has 0 saturated heterocycles. The molecule has 0 radical (unpaired) electrons. The molecule has 0 saturated carbocycles. The van der Waals surface area contributed by atoms with Crippen molar-refractivity contribution in [1.29, 1.82) is 0 Å². The lowest BCUT2D eigenvalue weighted by Gasteiger charge is -2.20. The number of ether oxygens (including phenoxy) is 1. The van der Waals surface area contributed by atoms with Crippen LogP contribution in [0, 0.1) is 0 Å². The maximum absolute atomic E-state index is 11.4. The van der Waals surface area contributed by atoms with Gasteiger partial charge in [0, 0.05) is 27.7 Å². The second kappa shape index (κ2) is 5.28. The second-order valence-electron chi connectivity index (χ2n) is 2.94. The number of carbonyl (C=O) groups is 1. The first-order chi connectivity index (χ1) is 6.32. The third kappa shape index (κ3) is 3.60. The summed E-state index contributed by atoms with van der Waals surface area (Å²) in [6, 6.07) is 0. The smallest absolute Gasteiger partial charge is 0.306 e. The van der Waals surface area contributed by atoms with E-state index in [1.807, 2.05) is 0 Å². The van der Waals surface area contributed by atoms with Crippen molar-refractivity contribution in [1.82, 2.24) is 8.61 Å². The Morgan fingerprint density at radius 1 is 1.29 bits per heavy atom. The van der Waals surface area contributed by atoms with E-state index in [2.05, 4.69) is 4.74 Å². The minimum Gasteiger partial charge on any atom is -0.469 e. The summed E-state index contributed by atoms with van der Waals surface area (Å²) in [4.78, 5) is 10.8. The van der Waals surface area contributed by atoms with Crippen LogP contribution < -0.4 is 0 Å². The average molecular weight is 224 g/mol. The highest BCUT2D eigenvalue weighted by atomic mass is 32.2. The summed E-state index contributed by atoms with van der Waals surface area (Å²) in [5.41, 5.74) is 0. The third-order valence-electron chi connectivity index (χ3n) is 1.71. The first-order valence-corrected chi connectivity index (χ1v) is 5.42. The van der Waals surface area contributed by atoms with E-state index in [4.69, 9.17) is 0 Å². The van der Waals surface area contributed by atoms with Crippen LogP contribution in [0.25, 0.3) is 0 Å². The SMILES string of the molecule is COC(=O)CCN(C)S(=O)(=O)N(C)C. The predicted octanol–water partition coefficient (Wildman–Crippen LogP) is -0.712. The molecule has 0 amide bonds. The molecule has 0 aliphatic heterocycles. The van der Waals surface area contributed by atoms with Crippen molar-refractivity contribution in [3.05, 3.63) is 0 Å². The summed E-state index contributed by atoms with van der Waals surface area (Å²) in [5.74, 6) is -0.425. The molecule has 0 aromatic heterocycles. The van der Waals surface area contributed by atoms with Gasteiger partial charge in [0.25, 0.3) is 10.2 Å². The Kier molecular flexibility index (Phi) is 5.03. The van der Waals surface area contributed by atoms with Gasteiger partial charge in [-0.25, -0.2) is 0 Å². The van der Waals surface area contributed by atoms with E-state index >= 15 is 0 Å². The Hall–Kier alpha value is -0.660. The zero-order chi connectivity index (χ0) is 11.4. The van der Waals surface area contributed by atoms with Gasteiger partial charge in [0.15, 0.2) is 0 Å². The number of methoxy groups -OCH3 is 1. The molecular formula is C7H16N2O4S.